The van der Waals surface area contributed by atoms with Crippen molar-refractivity contribution >= 4 is 5.91 Å². The molecule has 0 aromatic heterocycles. The first kappa shape index (κ1) is 16.4. The number of nitrogens with one attached hydrogen (secondary N) is 1. The fraction of sp³-hybridized carbons (Fsp3) is 0.533. The molecule has 0 heterocycles. The molecule has 1 unspecified atom stereocenters. The molecule has 0 fully saturated rings. The predicted octanol–water partition coefficient (Wildman–Crippen LogP) is 2.26. The quantitative estimate of drug-likeness (QED) is 0.871. The van der Waals surface area contributed by atoms with Crippen molar-refractivity contribution in [1.82, 2.24) is 5.32 Å². The average Bonchev–Trinajstić information content (AvgIpc) is 2.26. The van der Waals surface area contributed by atoms with Crippen LogP contribution in [0.4, 0.5) is 4.39 Å². The van der Waals surface area contributed by atoms with E-state index in [1.807, 2.05) is 0 Å². The molecule has 0 aliphatic heterocycles. The van der Waals surface area contributed by atoms with Crippen molar-refractivity contribution in [3.05, 3.63) is 30.1 Å². The van der Waals surface area contributed by atoms with E-state index in [-0.39, 0.29) is 11.7 Å². The maximum Gasteiger partial charge on any atom is 0.261 e. The number of hydrogen-bond donors (Lipinski definition) is 2. The van der Waals surface area contributed by atoms with Gasteiger partial charge in [-0.2, -0.15) is 0 Å². The molecule has 0 aliphatic carbocycles. The molecule has 1 aromatic carbocycles. The minimum Gasteiger partial charge on any atom is -0.481 e. The van der Waals surface area contributed by atoms with E-state index >= 15 is 0 Å². The van der Waals surface area contributed by atoms with E-state index in [0.717, 1.165) is 0 Å². The molecular formula is C15H22FNO3. The lowest BCUT2D eigenvalue weighted by Crippen LogP contribution is -2.59. The number of amides is 1. The molecule has 5 heteroatoms. The summed E-state index contributed by atoms with van der Waals surface area (Å²) >= 11 is 0. The Labute approximate surface area is 119 Å². The van der Waals surface area contributed by atoms with Crippen molar-refractivity contribution < 1.29 is 19.0 Å². The number of halogens is 1. The number of carbonyl (C=O) groups excluding carboxylic acids is 1. The van der Waals surface area contributed by atoms with Gasteiger partial charge in [0, 0.05) is 6.07 Å². The van der Waals surface area contributed by atoms with Crippen LogP contribution >= 0.6 is 0 Å². The highest BCUT2D eigenvalue weighted by Gasteiger charge is 2.37. The van der Waals surface area contributed by atoms with Crippen LogP contribution in [0.25, 0.3) is 0 Å². The van der Waals surface area contributed by atoms with Gasteiger partial charge in [-0.1, -0.05) is 6.07 Å². The molecule has 0 saturated carbocycles. The van der Waals surface area contributed by atoms with Crippen LogP contribution in [0.2, 0.25) is 0 Å². The van der Waals surface area contributed by atoms with Crippen molar-refractivity contribution in [2.75, 3.05) is 0 Å². The Morgan fingerprint density at radius 1 is 1.35 bits per heavy atom. The van der Waals surface area contributed by atoms with Gasteiger partial charge in [-0.05, 0) is 46.8 Å². The lowest BCUT2D eigenvalue weighted by Gasteiger charge is -2.38. The first-order chi connectivity index (χ1) is 9.03. The van der Waals surface area contributed by atoms with Gasteiger partial charge >= 0.3 is 0 Å². The van der Waals surface area contributed by atoms with Crippen molar-refractivity contribution in [2.24, 2.45) is 0 Å². The average molecular weight is 283 g/mol. The van der Waals surface area contributed by atoms with Gasteiger partial charge in [0.15, 0.2) is 6.10 Å². The van der Waals surface area contributed by atoms with Gasteiger partial charge in [0.05, 0.1) is 11.1 Å². The van der Waals surface area contributed by atoms with E-state index < -0.39 is 23.1 Å². The number of carbonyl (C=O) groups is 1. The van der Waals surface area contributed by atoms with E-state index in [4.69, 9.17) is 4.74 Å². The molecule has 0 radical (unpaired) electrons. The zero-order chi connectivity index (χ0) is 15.6. The molecule has 1 aromatic rings. The molecule has 1 rings (SSSR count). The van der Waals surface area contributed by atoms with E-state index in [9.17, 15) is 14.3 Å². The fourth-order valence-corrected chi connectivity index (χ4v) is 1.36. The highest BCUT2D eigenvalue weighted by atomic mass is 19.1. The summed E-state index contributed by atoms with van der Waals surface area (Å²) in [6, 6.07) is 5.60. The summed E-state index contributed by atoms with van der Waals surface area (Å²) in [6.07, 6.45) is -0.793. The number of rotatable bonds is 5. The van der Waals surface area contributed by atoms with Crippen molar-refractivity contribution in [3.63, 3.8) is 0 Å². The van der Waals surface area contributed by atoms with E-state index in [0.29, 0.717) is 0 Å². The van der Waals surface area contributed by atoms with Gasteiger partial charge in [0.2, 0.25) is 0 Å². The molecule has 4 nitrogen and oxygen atoms in total. The summed E-state index contributed by atoms with van der Waals surface area (Å²) in [5.74, 6) is -0.512. The summed E-state index contributed by atoms with van der Waals surface area (Å²) in [6.45, 7) is 8.25. The Balaban J connectivity index is 2.69. The molecule has 20 heavy (non-hydrogen) atoms. The Morgan fingerprint density at radius 2 is 1.95 bits per heavy atom. The van der Waals surface area contributed by atoms with Crippen LogP contribution in [0.15, 0.2) is 24.3 Å². The van der Waals surface area contributed by atoms with Gasteiger partial charge in [0.25, 0.3) is 5.91 Å². The van der Waals surface area contributed by atoms with E-state index in [2.05, 4.69) is 5.32 Å². The molecule has 1 amide bonds. The number of benzene rings is 1. The maximum atomic E-state index is 13.0. The lowest BCUT2D eigenvalue weighted by atomic mass is 9.86. The van der Waals surface area contributed by atoms with E-state index in [1.54, 1.807) is 40.7 Å². The molecule has 2 N–H and O–H groups in total. The molecular weight excluding hydrogens is 261 g/mol. The first-order valence-electron chi connectivity index (χ1n) is 6.49. The second-order valence-corrected chi connectivity index (χ2v) is 5.89. The minimum absolute atomic E-state index is 0.286. The zero-order valence-corrected chi connectivity index (χ0v) is 12.5. The Morgan fingerprint density at radius 3 is 2.45 bits per heavy atom. The Hall–Kier alpha value is -1.62. The first-order valence-corrected chi connectivity index (χ1v) is 6.49. The number of hydrogen-bond acceptors (Lipinski definition) is 3. The van der Waals surface area contributed by atoms with Crippen LogP contribution in [0.5, 0.6) is 5.75 Å². The maximum absolute atomic E-state index is 13.0. The molecule has 0 spiro atoms. The number of aliphatic hydroxyl groups is 1. The Kier molecular flexibility index (Phi) is 4.76. The lowest BCUT2D eigenvalue weighted by molar-refractivity contribution is -0.132. The molecule has 0 saturated heterocycles. The number of ether oxygens (including phenoxy) is 1. The summed E-state index contributed by atoms with van der Waals surface area (Å²) in [4.78, 5) is 12.1. The summed E-state index contributed by atoms with van der Waals surface area (Å²) in [5.41, 5.74) is -1.90. The fourth-order valence-electron chi connectivity index (χ4n) is 1.36. The zero-order valence-electron chi connectivity index (χ0n) is 12.5. The molecule has 1 atom stereocenters. The Bertz CT molecular complexity index is 480. The SMILES string of the molecule is CC(Oc1cccc(F)c1)C(=O)NC(C)(C)C(C)(C)O. The molecule has 112 valence electrons. The van der Waals surface area contributed by atoms with Gasteiger partial charge in [-0.3, -0.25) is 4.79 Å². The minimum atomic E-state index is -1.08. The normalized spacial score (nSPS) is 13.8. The van der Waals surface area contributed by atoms with Crippen LogP contribution in [0.3, 0.4) is 0 Å². The molecule has 0 aliphatic rings. The van der Waals surface area contributed by atoms with Gasteiger partial charge in [-0.15, -0.1) is 0 Å². The highest BCUT2D eigenvalue weighted by molar-refractivity contribution is 5.81. The van der Waals surface area contributed by atoms with Crippen LogP contribution in [-0.2, 0) is 4.79 Å². The van der Waals surface area contributed by atoms with Crippen molar-refractivity contribution in [1.29, 1.82) is 0 Å². The smallest absolute Gasteiger partial charge is 0.261 e. The monoisotopic (exact) mass is 283 g/mol. The van der Waals surface area contributed by atoms with Crippen molar-refractivity contribution in [2.45, 2.75) is 51.9 Å². The third-order valence-corrected chi connectivity index (χ3v) is 3.44. The topological polar surface area (TPSA) is 58.6 Å². The van der Waals surface area contributed by atoms with Gasteiger partial charge < -0.3 is 15.2 Å². The predicted molar refractivity (Wildman–Crippen MR) is 75.0 cm³/mol. The summed E-state index contributed by atoms with van der Waals surface area (Å²) in [5, 5.41) is 12.7. The highest BCUT2D eigenvalue weighted by Crippen LogP contribution is 2.21. The third-order valence-electron chi connectivity index (χ3n) is 3.44. The second-order valence-electron chi connectivity index (χ2n) is 5.89. The largest absolute Gasteiger partial charge is 0.481 e. The second kappa shape index (κ2) is 5.79. The van der Waals surface area contributed by atoms with Gasteiger partial charge in [-0.25, -0.2) is 4.39 Å². The van der Waals surface area contributed by atoms with Gasteiger partial charge in [0.1, 0.15) is 11.6 Å². The summed E-state index contributed by atoms with van der Waals surface area (Å²) < 4.78 is 18.4. The van der Waals surface area contributed by atoms with Crippen LogP contribution < -0.4 is 10.1 Å². The summed E-state index contributed by atoms with van der Waals surface area (Å²) in [7, 11) is 0. The van der Waals surface area contributed by atoms with Crippen LogP contribution in [-0.4, -0.2) is 28.3 Å². The standard InChI is InChI=1S/C15H22FNO3/c1-10(20-12-8-6-7-11(16)9-12)13(18)17-14(2,3)15(4,5)19/h6-10,19H,1-5H3,(H,17,18). The van der Waals surface area contributed by atoms with Crippen molar-refractivity contribution in [3.8, 4) is 5.75 Å². The molecule has 0 bridgehead atoms. The van der Waals surface area contributed by atoms with E-state index in [1.165, 1.54) is 18.2 Å². The van der Waals surface area contributed by atoms with Crippen LogP contribution in [0, 0.1) is 5.82 Å². The third kappa shape index (κ3) is 4.20. The van der Waals surface area contributed by atoms with Crippen LogP contribution in [0.1, 0.15) is 34.6 Å².